The summed E-state index contributed by atoms with van der Waals surface area (Å²) < 4.78 is 28.6. The third-order valence-corrected chi connectivity index (χ3v) is 7.05. The lowest BCUT2D eigenvalue weighted by Crippen LogP contribution is -2.53. The first-order valence-electron chi connectivity index (χ1n) is 8.34. The van der Waals surface area contributed by atoms with E-state index in [1.165, 1.54) is 32.5 Å². The van der Waals surface area contributed by atoms with Crippen molar-refractivity contribution in [1.82, 2.24) is 18.8 Å². The van der Waals surface area contributed by atoms with E-state index in [-0.39, 0.29) is 0 Å². The summed E-state index contributed by atoms with van der Waals surface area (Å²) in [5, 5.41) is 3.21. The van der Waals surface area contributed by atoms with Gasteiger partial charge in [-0.15, -0.1) is 0 Å². The van der Waals surface area contributed by atoms with E-state index < -0.39 is 10.2 Å². The Kier molecular flexibility index (Phi) is 5.16. The van der Waals surface area contributed by atoms with Crippen molar-refractivity contribution in [3.8, 4) is 0 Å². The summed E-state index contributed by atoms with van der Waals surface area (Å²) in [5.41, 5.74) is 0. The van der Waals surface area contributed by atoms with Gasteiger partial charge in [0, 0.05) is 45.8 Å². The molecule has 3 fully saturated rings. The van der Waals surface area contributed by atoms with Crippen molar-refractivity contribution in [2.24, 2.45) is 5.92 Å². The van der Waals surface area contributed by atoms with Crippen LogP contribution in [-0.4, -0.2) is 80.8 Å². The Morgan fingerprint density at radius 1 is 0.857 bits per heavy atom. The minimum atomic E-state index is -3.22. The van der Waals surface area contributed by atoms with Gasteiger partial charge in [-0.25, -0.2) is 0 Å². The highest BCUT2D eigenvalue weighted by Gasteiger charge is 2.33. The van der Waals surface area contributed by atoms with Gasteiger partial charge >= 0.3 is 0 Å². The molecule has 0 amide bonds. The van der Waals surface area contributed by atoms with Crippen molar-refractivity contribution in [3.05, 3.63) is 0 Å². The number of nitrogens with zero attached hydrogens (tertiary/aromatic N) is 3. The molecule has 0 spiro atoms. The molecule has 21 heavy (non-hydrogen) atoms. The molecule has 122 valence electrons. The van der Waals surface area contributed by atoms with Crippen molar-refractivity contribution in [2.45, 2.75) is 25.7 Å². The van der Waals surface area contributed by atoms with Gasteiger partial charge in [-0.3, -0.25) is 0 Å². The van der Waals surface area contributed by atoms with Crippen LogP contribution in [0.3, 0.4) is 0 Å². The lowest BCUT2D eigenvalue weighted by Gasteiger charge is -2.37. The summed E-state index contributed by atoms with van der Waals surface area (Å²) in [6.07, 6.45) is 4.69. The highest BCUT2D eigenvalue weighted by Crippen LogP contribution is 2.23. The van der Waals surface area contributed by atoms with E-state index in [1.807, 2.05) is 0 Å². The third kappa shape index (κ3) is 3.76. The van der Waals surface area contributed by atoms with Gasteiger partial charge in [0.1, 0.15) is 0 Å². The number of piperazine rings is 1. The lowest BCUT2D eigenvalue weighted by atomic mass is 9.98. The summed E-state index contributed by atoms with van der Waals surface area (Å²) in [4.78, 5) is 2.55. The van der Waals surface area contributed by atoms with Gasteiger partial charge in [-0.05, 0) is 44.7 Å². The summed E-state index contributed by atoms with van der Waals surface area (Å²) in [5.74, 6) is 0.678. The molecular formula is C14H28N4O2S. The first-order chi connectivity index (χ1) is 10.2. The van der Waals surface area contributed by atoms with E-state index in [2.05, 4.69) is 10.2 Å². The zero-order chi connectivity index (χ0) is 14.7. The number of piperidine rings is 1. The molecular weight excluding hydrogens is 288 g/mol. The number of nitrogens with one attached hydrogen (secondary N) is 1. The minimum Gasteiger partial charge on any atom is -0.314 e. The molecule has 3 aliphatic heterocycles. The Bertz CT molecular complexity index is 422. The van der Waals surface area contributed by atoms with Crippen molar-refractivity contribution in [2.75, 3.05) is 58.9 Å². The molecule has 0 aliphatic carbocycles. The molecule has 0 atom stereocenters. The number of hydrogen-bond acceptors (Lipinski definition) is 4. The fourth-order valence-corrected chi connectivity index (χ4v) is 5.33. The highest BCUT2D eigenvalue weighted by atomic mass is 32.2. The van der Waals surface area contributed by atoms with E-state index in [4.69, 9.17) is 0 Å². The van der Waals surface area contributed by atoms with Crippen LogP contribution in [-0.2, 0) is 10.2 Å². The first-order valence-corrected chi connectivity index (χ1v) is 9.74. The molecule has 0 aromatic heterocycles. The standard InChI is InChI=1S/C14H28N4O2S/c19-21(20,18-11-5-15-6-12-18)17-9-3-14(4-10-17)13-16-7-1-2-8-16/h14-15H,1-13H2. The second-order valence-corrected chi connectivity index (χ2v) is 8.44. The van der Waals surface area contributed by atoms with E-state index in [0.717, 1.165) is 25.9 Å². The number of rotatable bonds is 4. The normalized spacial score (nSPS) is 28.2. The van der Waals surface area contributed by atoms with Gasteiger partial charge in [0.05, 0.1) is 0 Å². The SMILES string of the molecule is O=S(=O)(N1CCNCC1)N1CCC(CN2CCCC2)CC1. The van der Waals surface area contributed by atoms with E-state index in [0.29, 0.717) is 32.1 Å². The van der Waals surface area contributed by atoms with Crippen LogP contribution < -0.4 is 5.32 Å². The van der Waals surface area contributed by atoms with Crippen LogP contribution in [0.15, 0.2) is 0 Å². The van der Waals surface area contributed by atoms with Crippen LogP contribution in [0.25, 0.3) is 0 Å². The molecule has 1 N–H and O–H groups in total. The van der Waals surface area contributed by atoms with Gasteiger partial charge in [-0.2, -0.15) is 17.0 Å². The maximum atomic E-state index is 12.6. The average Bonchev–Trinajstić information content (AvgIpc) is 3.02. The number of hydrogen-bond donors (Lipinski definition) is 1. The molecule has 0 aromatic rings. The highest BCUT2D eigenvalue weighted by molar-refractivity contribution is 7.86. The summed E-state index contributed by atoms with van der Waals surface area (Å²) in [7, 11) is -3.22. The summed E-state index contributed by atoms with van der Waals surface area (Å²) >= 11 is 0. The minimum absolute atomic E-state index is 0.607. The van der Waals surface area contributed by atoms with E-state index in [9.17, 15) is 8.42 Å². The van der Waals surface area contributed by atoms with Gasteiger partial charge in [0.25, 0.3) is 10.2 Å². The Balaban J connectivity index is 1.50. The zero-order valence-electron chi connectivity index (χ0n) is 12.8. The Labute approximate surface area is 128 Å². The van der Waals surface area contributed by atoms with Crippen LogP contribution >= 0.6 is 0 Å². The monoisotopic (exact) mass is 316 g/mol. The second kappa shape index (κ2) is 6.91. The molecule has 0 aromatic carbocycles. The van der Waals surface area contributed by atoms with Crippen molar-refractivity contribution in [3.63, 3.8) is 0 Å². The van der Waals surface area contributed by atoms with Crippen LogP contribution in [0, 0.1) is 5.92 Å². The zero-order valence-corrected chi connectivity index (χ0v) is 13.7. The molecule has 3 rings (SSSR count). The molecule has 3 saturated heterocycles. The van der Waals surface area contributed by atoms with Crippen LogP contribution in [0.2, 0.25) is 0 Å². The second-order valence-electron chi connectivity index (χ2n) is 6.51. The Hall–Kier alpha value is -0.210. The smallest absolute Gasteiger partial charge is 0.282 e. The molecule has 3 heterocycles. The summed E-state index contributed by atoms with van der Waals surface area (Å²) in [6, 6.07) is 0. The van der Waals surface area contributed by atoms with Gasteiger partial charge < -0.3 is 10.2 Å². The molecule has 0 radical (unpaired) electrons. The molecule has 6 nitrogen and oxygen atoms in total. The quantitative estimate of drug-likeness (QED) is 0.790. The predicted molar refractivity (Wildman–Crippen MR) is 83.3 cm³/mol. The summed E-state index contributed by atoms with van der Waals surface area (Å²) in [6.45, 7) is 7.79. The van der Waals surface area contributed by atoms with Crippen LogP contribution in [0.5, 0.6) is 0 Å². The topological polar surface area (TPSA) is 55.9 Å². The van der Waals surface area contributed by atoms with Crippen molar-refractivity contribution < 1.29 is 8.42 Å². The first kappa shape index (κ1) is 15.7. The molecule has 0 bridgehead atoms. The fourth-order valence-electron chi connectivity index (χ4n) is 3.69. The Morgan fingerprint density at radius 2 is 1.43 bits per heavy atom. The van der Waals surface area contributed by atoms with Crippen LogP contribution in [0.4, 0.5) is 0 Å². The van der Waals surface area contributed by atoms with Crippen molar-refractivity contribution in [1.29, 1.82) is 0 Å². The molecule has 3 aliphatic rings. The fraction of sp³-hybridized carbons (Fsp3) is 1.00. The third-order valence-electron chi connectivity index (χ3n) is 5.02. The molecule has 0 saturated carbocycles. The van der Waals surface area contributed by atoms with E-state index in [1.54, 1.807) is 8.61 Å². The lowest BCUT2D eigenvalue weighted by molar-refractivity contribution is 0.197. The van der Waals surface area contributed by atoms with Crippen molar-refractivity contribution >= 4 is 10.2 Å². The maximum Gasteiger partial charge on any atom is 0.282 e. The number of likely N-dealkylation sites (tertiary alicyclic amines) is 1. The Morgan fingerprint density at radius 3 is 2.05 bits per heavy atom. The van der Waals surface area contributed by atoms with Gasteiger partial charge in [-0.1, -0.05) is 0 Å². The van der Waals surface area contributed by atoms with E-state index >= 15 is 0 Å². The largest absolute Gasteiger partial charge is 0.314 e. The predicted octanol–water partition coefficient (Wildman–Crippen LogP) is -0.0558. The average molecular weight is 316 g/mol. The van der Waals surface area contributed by atoms with Gasteiger partial charge in [0.2, 0.25) is 0 Å². The van der Waals surface area contributed by atoms with Crippen LogP contribution in [0.1, 0.15) is 25.7 Å². The van der Waals surface area contributed by atoms with Gasteiger partial charge in [0.15, 0.2) is 0 Å². The maximum absolute atomic E-state index is 12.6. The molecule has 7 heteroatoms. The molecule has 0 unspecified atom stereocenters.